The largest absolute Gasteiger partial charge is 0.478 e. The summed E-state index contributed by atoms with van der Waals surface area (Å²) < 4.78 is 32.1. The van der Waals surface area contributed by atoms with Crippen LogP contribution < -0.4 is 5.32 Å². The number of hydrogen-bond acceptors (Lipinski definition) is 3. The topological polar surface area (TPSA) is 75.6 Å². The molecule has 1 amide bonds. The first-order valence-corrected chi connectivity index (χ1v) is 6.17. The number of amides is 1. The Labute approximate surface area is 124 Å². The third-order valence-electron chi connectivity index (χ3n) is 2.73. The summed E-state index contributed by atoms with van der Waals surface area (Å²) in [6.45, 7) is -0.0663. The molecule has 114 valence electrons. The fourth-order valence-corrected chi connectivity index (χ4v) is 1.68. The van der Waals surface area contributed by atoms with E-state index in [1.807, 2.05) is 5.32 Å². The fraction of sp³-hybridized carbons (Fsp3) is 0.0667. The maximum Gasteiger partial charge on any atom is 0.412 e. The summed E-state index contributed by atoms with van der Waals surface area (Å²) in [5.74, 6) is -3.88. The SMILES string of the molecule is O=C(Nc1c(F)cc(C(=O)O)cc1F)OCc1ccccc1. The van der Waals surface area contributed by atoms with Gasteiger partial charge in [-0.2, -0.15) is 0 Å². The van der Waals surface area contributed by atoms with Crippen LogP contribution in [0.2, 0.25) is 0 Å². The second kappa shape index (κ2) is 6.66. The molecule has 2 rings (SSSR count). The summed E-state index contributed by atoms with van der Waals surface area (Å²) in [5, 5.41) is 10.6. The molecule has 0 heterocycles. The third kappa shape index (κ3) is 3.78. The molecule has 0 spiro atoms. The van der Waals surface area contributed by atoms with Gasteiger partial charge in [0, 0.05) is 0 Å². The van der Waals surface area contributed by atoms with Crippen molar-refractivity contribution in [1.29, 1.82) is 0 Å². The van der Waals surface area contributed by atoms with Crippen molar-refractivity contribution >= 4 is 17.7 Å². The van der Waals surface area contributed by atoms with Crippen molar-refractivity contribution < 1.29 is 28.2 Å². The number of rotatable bonds is 4. The molecule has 0 atom stereocenters. The Balaban J connectivity index is 2.04. The number of carboxylic acid groups (broad SMARTS) is 1. The summed E-state index contributed by atoms with van der Waals surface area (Å²) in [6.07, 6.45) is -1.05. The van der Waals surface area contributed by atoms with Crippen molar-refractivity contribution in [3.8, 4) is 0 Å². The highest BCUT2D eigenvalue weighted by molar-refractivity contribution is 5.90. The summed E-state index contributed by atoms with van der Waals surface area (Å²) in [7, 11) is 0. The van der Waals surface area contributed by atoms with Crippen LogP contribution in [0.25, 0.3) is 0 Å². The highest BCUT2D eigenvalue weighted by Crippen LogP contribution is 2.21. The lowest BCUT2D eigenvalue weighted by molar-refractivity contribution is 0.0695. The number of carboxylic acids is 1. The molecular weight excluding hydrogens is 296 g/mol. The maximum absolute atomic E-state index is 13.6. The molecule has 0 unspecified atom stereocenters. The second-order valence-electron chi connectivity index (χ2n) is 4.31. The van der Waals surface area contributed by atoms with Crippen molar-refractivity contribution in [2.45, 2.75) is 6.61 Å². The van der Waals surface area contributed by atoms with Crippen molar-refractivity contribution in [2.75, 3.05) is 5.32 Å². The average molecular weight is 307 g/mol. The molecule has 0 aliphatic carbocycles. The van der Waals surface area contributed by atoms with Crippen LogP contribution in [0.5, 0.6) is 0 Å². The monoisotopic (exact) mass is 307 g/mol. The van der Waals surface area contributed by atoms with Gasteiger partial charge in [0.25, 0.3) is 0 Å². The summed E-state index contributed by atoms with van der Waals surface area (Å²) in [5.41, 5.74) is -0.610. The van der Waals surface area contributed by atoms with E-state index in [9.17, 15) is 18.4 Å². The van der Waals surface area contributed by atoms with Gasteiger partial charge in [0.1, 0.15) is 12.3 Å². The van der Waals surface area contributed by atoms with Crippen molar-refractivity contribution in [3.63, 3.8) is 0 Å². The van der Waals surface area contributed by atoms with Gasteiger partial charge in [-0.05, 0) is 17.7 Å². The van der Waals surface area contributed by atoms with Crippen LogP contribution in [0.1, 0.15) is 15.9 Å². The summed E-state index contributed by atoms with van der Waals surface area (Å²) in [6, 6.07) is 9.95. The van der Waals surface area contributed by atoms with E-state index in [2.05, 4.69) is 0 Å². The molecule has 0 saturated carbocycles. The van der Waals surface area contributed by atoms with Crippen LogP contribution in [-0.2, 0) is 11.3 Å². The number of benzene rings is 2. The molecule has 2 aromatic carbocycles. The molecule has 0 aromatic heterocycles. The normalized spacial score (nSPS) is 10.1. The molecule has 2 aromatic rings. The van der Waals surface area contributed by atoms with Gasteiger partial charge in [0.15, 0.2) is 11.6 Å². The smallest absolute Gasteiger partial charge is 0.412 e. The van der Waals surface area contributed by atoms with Gasteiger partial charge in [0.2, 0.25) is 0 Å². The van der Waals surface area contributed by atoms with Gasteiger partial charge in [-0.25, -0.2) is 18.4 Å². The van der Waals surface area contributed by atoms with E-state index in [4.69, 9.17) is 9.84 Å². The number of hydrogen-bond donors (Lipinski definition) is 2. The van der Waals surface area contributed by atoms with Gasteiger partial charge < -0.3 is 9.84 Å². The minimum Gasteiger partial charge on any atom is -0.478 e. The molecule has 5 nitrogen and oxygen atoms in total. The lowest BCUT2D eigenvalue weighted by atomic mass is 10.2. The highest BCUT2D eigenvalue weighted by Gasteiger charge is 2.17. The number of nitrogens with one attached hydrogen (secondary N) is 1. The van der Waals surface area contributed by atoms with Crippen LogP contribution in [0.15, 0.2) is 42.5 Å². The van der Waals surface area contributed by atoms with Crippen LogP contribution in [-0.4, -0.2) is 17.2 Å². The van der Waals surface area contributed by atoms with Crippen LogP contribution in [0.4, 0.5) is 19.3 Å². The first-order valence-electron chi connectivity index (χ1n) is 6.17. The number of carbonyl (C=O) groups is 2. The fourth-order valence-electron chi connectivity index (χ4n) is 1.68. The third-order valence-corrected chi connectivity index (χ3v) is 2.73. The van der Waals surface area contributed by atoms with E-state index in [0.717, 1.165) is 0 Å². The van der Waals surface area contributed by atoms with Crippen molar-refractivity contribution in [3.05, 3.63) is 65.2 Å². The van der Waals surface area contributed by atoms with E-state index in [1.165, 1.54) is 0 Å². The van der Waals surface area contributed by atoms with E-state index in [1.54, 1.807) is 30.3 Å². The predicted octanol–water partition coefficient (Wildman–Crippen LogP) is 3.41. The lowest BCUT2D eigenvalue weighted by Crippen LogP contribution is -2.16. The minimum absolute atomic E-state index is 0.0663. The number of halogens is 2. The quantitative estimate of drug-likeness (QED) is 0.907. The first-order chi connectivity index (χ1) is 10.5. The van der Waals surface area contributed by atoms with Crippen molar-refractivity contribution in [2.24, 2.45) is 0 Å². The molecule has 0 saturated heterocycles. The zero-order valence-electron chi connectivity index (χ0n) is 11.2. The Kier molecular flexibility index (Phi) is 4.67. The maximum atomic E-state index is 13.6. The number of aromatic carboxylic acids is 1. The predicted molar refractivity (Wildman–Crippen MR) is 73.6 cm³/mol. The van der Waals surface area contributed by atoms with Crippen LogP contribution in [0, 0.1) is 11.6 Å². The standard InChI is InChI=1S/C15H11F2NO4/c16-11-6-10(14(19)20)7-12(17)13(11)18-15(21)22-8-9-4-2-1-3-5-9/h1-7H,8H2,(H,18,21)(H,19,20). The molecule has 2 N–H and O–H groups in total. The van der Waals surface area contributed by atoms with Gasteiger partial charge in [-0.15, -0.1) is 0 Å². The Morgan fingerprint density at radius 3 is 2.23 bits per heavy atom. The average Bonchev–Trinajstić information content (AvgIpc) is 2.49. The molecule has 0 fully saturated rings. The molecular formula is C15H11F2NO4. The van der Waals surface area contributed by atoms with E-state index in [-0.39, 0.29) is 6.61 Å². The molecule has 0 bridgehead atoms. The Morgan fingerprint density at radius 1 is 1.09 bits per heavy atom. The second-order valence-corrected chi connectivity index (χ2v) is 4.31. The van der Waals surface area contributed by atoms with E-state index >= 15 is 0 Å². The van der Waals surface area contributed by atoms with Gasteiger partial charge in [-0.3, -0.25) is 5.32 Å². The summed E-state index contributed by atoms with van der Waals surface area (Å²) >= 11 is 0. The van der Waals surface area contributed by atoms with Crippen LogP contribution in [0.3, 0.4) is 0 Å². The molecule has 7 heteroatoms. The zero-order valence-corrected chi connectivity index (χ0v) is 11.2. The first kappa shape index (κ1) is 15.4. The van der Waals surface area contributed by atoms with E-state index in [0.29, 0.717) is 17.7 Å². The summed E-state index contributed by atoms with van der Waals surface area (Å²) in [4.78, 5) is 22.2. The Hall–Kier alpha value is -2.96. The van der Waals surface area contributed by atoms with Crippen molar-refractivity contribution in [1.82, 2.24) is 0 Å². The van der Waals surface area contributed by atoms with Gasteiger partial charge >= 0.3 is 12.1 Å². The number of anilines is 1. The molecule has 0 aliphatic rings. The minimum atomic E-state index is -1.48. The van der Waals surface area contributed by atoms with Gasteiger partial charge in [-0.1, -0.05) is 30.3 Å². The Bertz CT molecular complexity index is 681. The highest BCUT2D eigenvalue weighted by atomic mass is 19.1. The molecule has 22 heavy (non-hydrogen) atoms. The lowest BCUT2D eigenvalue weighted by Gasteiger charge is -2.09. The van der Waals surface area contributed by atoms with Crippen LogP contribution >= 0.6 is 0 Å². The molecule has 0 aliphatic heterocycles. The van der Waals surface area contributed by atoms with Gasteiger partial charge in [0.05, 0.1) is 5.56 Å². The zero-order chi connectivity index (χ0) is 16.1. The number of carbonyl (C=O) groups excluding carboxylic acids is 1. The Morgan fingerprint density at radius 2 is 1.68 bits per heavy atom. The number of ether oxygens (including phenoxy) is 1. The molecule has 0 radical (unpaired) electrons. The van der Waals surface area contributed by atoms with E-state index < -0.39 is 34.9 Å².